The summed E-state index contributed by atoms with van der Waals surface area (Å²) in [5.41, 5.74) is 1.24. The summed E-state index contributed by atoms with van der Waals surface area (Å²) in [6, 6.07) is 25.9. The number of nitrogens with one attached hydrogen (secondary N) is 1. The Kier molecular flexibility index (Phi) is 9.59. The summed E-state index contributed by atoms with van der Waals surface area (Å²) in [6.45, 7) is 4.24. The molecule has 0 atom stereocenters. The van der Waals surface area contributed by atoms with Gasteiger partial charge in [-0.1, -0.05) is 48.5 Å². The number of piperidine rings is 1. The van der Waals surface area contributed by atoms with Gasteiger partial charge < -0.3 is 15.0 Å². The van der Waals surface area contributed by atoms with Crippen molar-refractivity contribution >= 4 is 41.3 Å². The Bertz CT molecular complexity index is 852. The van der Waals surface area contributed by atoms with E-state index in [-0.39, 0.29) is 24.8 Å². The number of rotatable bonds is 7. The highest BCUT2D eigenvalue weighted by molar-refractivity contribution is 5.86. The standard InChI is InChI=1S/C24H28N2O.2ClH/c1-2-9-24(10-3-1)27-18-6-15-26-16-13-22(14-17-26)25-23-12-11-20-7-4-5-8-21(20)19-23;;/h1-5,7-12,19,22,25H,6,13-18H2;2*1H. The highest BCUT2D eigenvalue weighted by Crippen LogP contribution is 2.22. The third kappa shape index (κ3) is 6.81. The van der Waals surface area contributed by atoms with Gasteiger partial charge in [0.2, 0.25) is 0 Å². The molecule has 0 saturated carbocycles. The molecule has 1 N–H and O–H groups in total. The predicted molar refractivity (Wildman–Crippen MR) is 128 cm³/mol. The summed E-state index contributed by atoms with van der Waals surface area (Å²) in [6.07, 6.45) is 3.48. The maximum atomic E-state index is 5.79. The monoisotopic (exact) mass is 432 g/mol. The lowest BCUT2D eigenvalue weighted by Gasteiger charge is -2.32. The molecule has 0 unspecified atom stereocenters. The first-order chi connectivity index (χ1) is 13.4. The fourth-order valence-corrected chi connectivity index (χ4v) is 3.81. The highest BCUT2D eigenvalue weighted by Gasteiger charge is 2.18. The summed E-state index contributed by atoms with van der Waals surface area (Å²) in [5, 5.41) is 6.34. The quantitative estimate of drug-likeness (QED) is 0.461. The molecule has 0 bridgehead atoms. The maximum Gasteiger partial charge on any atom is 0.119 e. The van der Waals surface area contributed by atoms with Gasteiger partial charge in [-0.05, 0) is 54.3 Å². The lowest BCUT2D eigenvalue weighted by Crippen LogP contribution is -2.39. The van der Waals surface area contributed by atoms with Crippen LogP contribution in [0.15, 0.2) is 72.8 Å². The summed E-state index contributed by atoms with van der Waals surface area (Å²) >= 11 is 0. The van der Waals surface area contributed by atoms with Gasteiger partial charge in [0.1, 0.15) is 5.75 Å². The van der Waals surface area contributed by atoms with Gasteiger partial charge in [-0.25, -0.2) is 0 Å². The second-order valence-corrected chi connectivity index (χ2v) is 7.34. The SMILES string of the molecule is Cl.Cl.c1ccc(OCCCN2CCC(Nc3ccc4ccccc4c3)CC2)cc1. The number of para-hydroxylation sites is 1. The van der Waals surface area contributed by atoms with Crippen molar-refractivity contribution in [2.24, 2.45) is 0 Å². The van der Waals surface area contributed by atoms with Gasteiger partial charge in [-0.15, -0.1) is 24.8 Å². The van der Waals surface area contributed by atoms with Crippen molar-refractivity contribution < 1.29 is 4.74 Å². The number of benzene rings is 3. The molecule has 1 aliphatic rings. The van der Waals surface area contributed by atoms with Gasteiger partial charge in [0.15, 0.2) is 0 Å². The van der Waals surface area contributed by atoms with Gasteiger partial charge in [-0.2, -0.15) is 0 Å². The Morgan fingerprint density at radius 1 is 0.828 bits per heavy atom. The minimum absolute atomic E-state index is 0. The van der Waals surface area contributed by atoms with Crippen molar-refractivity contribution in [3.8, 4) is 5.75 Å². The number of halogens is 2. The molecule has 1 saturated heterocycles. The lowest BCUT2D eigenvalue weighted by molar-refractivity contribution is 0.198. The van der Waals surface area contributed by atoms with Crippen molar-refractivity contribution in [2.45, 2.75) is 25.3 Å². The van der Waals surface area contributed by atoms with E-state index in [4.69, 9.17) is 4.74 Å². The van der Waals surface area contributed by atoms with Crippen LogP contribution in [0.2, 0.25) is 0 Å². The molecule has 3 aromatic rings. The van der Waals surface area contributed by atoms with Crippen LogP contribution in [0.4, 0.5) is 5.69 Å². The van der Waals surface area contributed by atoms with Crippen molar-refractivity contribution in [2.75, 3.05) is 31.6 Å². The smallest absolute Gasteiger partial charge is 0.119 e. The summed E-state index contributed by atoms with van der Waals surface area (Å²) in [4.78, 5) is 2.56. The summed E-state index contributed by atoms with van der Waals surface area (Å²) in [5.74, 6) is 0.968. The number of hydrogen-bond donors (Lipinski definition) is 1. The van der Waals surface area contributed by atoms with Crippen LogP contribution in [0.5, 0.6) is 5.75 Å². The molecule has 0 aromatic heterocycles. The van der Waals surface area contributed by atoms with Crippen LogP contribution in [0, 0.1) is 0 Å². The van der Waals surface area contributed by atoms with E-state index in [1.807, 2.05) is 30.3 Å². The molecular weight excluding hydrogens is 403 g/mol. The zero-order valence-corrected chi connectivity index (χ0v) is 18.3. The third-order valence-electron chi connectivity index (χ3n) is 5.34. The normalized spacial score (nSPS) is 14.6. The van der Waals surface area contributed by atoms with Crippen LogP contribution in [0.1, 0.15) is 19.3 Å². The number of nitrogens with zero attached hydrogens (tertiary/aromatic N) is 1. The van der Waals surface area contributed by atoms with Gasteiger partial charge in [0.25, 0.3) is 0 Å². The average Bonchev–Trinajstić information content (AvgIpc) is 2.73. The average molecular weight is 433 g/mol. The predicted octanol–water partition coefficient (Wildman–Crippen LogP) is 6.03. The highest BCUT2D eigenvalue weighted by atomic mass is 35.5. The van der Waals surface area contributed by atoms with E-state index >= 15 is 0 Å². The van der Waals surface area contributed by atoms with Crippen LogP contribution in [-0.2, 0) is 0 Å². The molecule has 3 nitrogen and oxygen atoms in total. The first-order valence-corrected chi connectivity index (χ1v) is 10.0. The Hall–Kier alpha value is -1.94. The van der Waals surface area contributed by atoms with Crippen molar-refractivity contribution in [1.29, 1.82) is 0 Å². The third-order valence-corrected chi connectivity index (χ3v) is 5.34. The zero-order valence-electron chi connectivity index (χ0n) is 16.6. The first kappa shape index (κ1) is 23.3. The van der Waals surface area contributed by atoms with E-state index in [9.17, 15) is 0 Å². The molecule has 0 aliphatic carbocycles. The van der Waals surface area contributed by atoms with Crippen LogP contribution < -0.4 is 10.1 Å². The van der Waals surface area contributed by atoms with Gasteiger partial charge >= 0.3 is 0 Å². The second-order valence-electron chi connectivity index (χ2n) is 7.34. The van der Waals surface area contributed by atoms with Gasteiger partial charge in [-0.3, -0.25) is 0 Å². The Morgan fingerprint density at radius 2 is 1.52 bits per heavy atom. The number of fused-ring (bicyclic) bond motifs is 1. The van der Waals surface area contributed by atoms with Crippen LogP contribution >= 0.6 is 24.8 Å². The minimum Gasteiger partial charge on any atom is -0.494 e. The number of hydrogen-bond acceptors (Lipinski definition) is 3. The van der Waals surface area contributed by atoms with Crippen molar-refractivity contribution in [3.63, 3.8) is 0 Å². The topological polar surface area (TPSA) is 24.5 Å². The Morgan fingerprint density at radius 3 is 2.28 bits per heavy atom. The molecule has 0 amide bonds. The molecule has 0 radical (unpaired) electrons. The van der Waals surface area contributed by atoms with E-state index < -0.39 is 0 Å². The van der Waals surface area contributed by atoms with E-state index in [2.05, 4.69) is 52.7 Å². The Labute approximate surface area is 186 Å². The number of ether oxygens (including phenoxy) is 1. The van der Waals surface area contributed by atoms with Crippen molar-refractivity contribution in [1.82, 2.24) is 4.90 Å². The van der Waals surface area contributed by atoms with E-state index in [0.717, 1.165) is 38.4 Å². The second kappa shape index (κ2) is 11.9. The van der Waals surface area contributed by atoms with E-state index in [1.54, 1.807) is 0 Å². The maximum absolute atomic E-state index is 5.79. The zero-order chi connectivity index (χ0) is 18.3. The fraction of sp³-hybridized carbons (Fsp3) is 0.333. The van der Waals surface area contributed by atoms with Crippen LogP contribution in [-0.4, -0.2) is 37.2 Å². The molecule has 1 aliphatic heterocycles. The summed E-state index contributed by atoms with van der Waals surface area (Å²) < 4.78 is 5.79. The lowest BCUT2D eigenvalue weighted by atomic mass is 10.0. The van der Waals surface area contributed by atoms with E-state index in [0.29, 0.717) is 6.04 Å². The minimum atomic E-state index is 0. The Balaban J connectivity index is 0.00000150. The molecule has 1 heterocycles. The molecule has 4 rings (SSSR count). The largest absolute Gasteiger partial charge is 0.494 e. The fourth-order valence-electron chi connectivity index (χ4n) is 3.81. The number of likely N-dealkylation sites (tertiary alicyclic amines) is 1. The van der Waals surface area contributed by atoms with Crippen LogP contribution in [0.3, 0.4) is 0 Å². The number of anilines is 1. The molecule has 156 valence electrons. The van der Waals surface area contributed by atoms with Gasteiger partial charge in [0, 0.05) is 31.4 Å². The molecule has 1 fully saturated rings. The molecular formula is C24H30Cl2N2O. The molecule has 29 heavy (non-hydrogen) atoms. The van der Waals surface area contributed by atoms with Crippen molar-refractivity contribution in [3.05, 3.63) is 72.8 Å². The first-order valence-electron chi connectivity index (χ1n) is 10.0. The van der Waals surface area contributed by atoms with E-state index in [1.165, 1.54) is 29.3 Å². The summed E-state index contributed by atoms with van der Waals surface area (Å²) in [7, 11) is 0. The molecule has 5 heteroatoms. The van der Waals surface area contributed by atoms with Gasteiger partial charge in [0.05, 0.1) is 6.61 Å². The molecule has 0 spiro atoms. The molecule has 3 aromatic carbocycles. The van der Waals surface area contributed by atoms with Crippen LogP contribution in [0.25, 0.3) is 10.8 Å².